The normalized spacial score (nSPS) is 13.9. The van der Waals surface area contributed by atoms with Gasteiger partial charge in [0, 0.05) is 16.6 Å². The molecule has 118 valence electrons. The van der Waals surface area contributed by atoms with Crippen LogP contribution in [0.2, 0.25) is 0 Å². The zero-order valence-corrected chi connectivity index (χ0v) is 14.7. The van der Waals surface area contributed by atoms with Crippen molar-refractivity contribution >= 4 is 21.8 Å². The summed E-state index contributed by atoms with van der Waals surface area (Å²) in [5.74, 6) is 0.572. The molecule has 0 aliphatic carbocycles. The summed E-state index contributed by atoms with van der Waals surface area (Å²) in [5.41, 5.74) is 7.10. The number of hydrogen-bond donors (Lipinski definition) is 2. The number of carbonyl (C=O) groups excluding carboxylic acids is 1. The van der Waals surface area contributed by atoms with Crippen LogP contribution in [0, 0.1) is 0 Å². The van der Waals surface area contributed by atoms with Gasteiger partial charge in [0.2, 0.25) is 0 Å². The Morgan fingerprint density at radius 3 is 2.62 bits per heavy atom. The molecule has 0 fully saturated rings. The van der Waals surface area contributed by atoms with Crippen molar-refractivity contribution in [2.75, 3.05) is 0 Å². The fourth-order valence-corrected chi connectivity index (χ4v) is 2.28. The molecule has 4 nitrogen and oxygen atoms in total. The van der Waals surface area contributed by atoms with Gasteiger partial charge in [-0.3, -0.25) is 4.79 Å². The predicted octanol–water partition coefficient (Wildman–Crippen LogP) is 3.02. The van der Waals surface area contributed by atoms with Crippen LogP contribution in [-0.4, -0.2) is 24.1 Å². The Morgan fingerprint density at radius 2 is 2.05 bits per heavy atom. The van der Waals surface area contributed by atoms with E-state index in [2.05, 4.69) is 28.2 Å². The maximum Gasteiger partial charge on any atom is 0.260 e. The summed E-state index contributed by atoms with van der Waals surface area (Å²) in [6.45, 7) is 7.66. The number of rotatable bonds is 7. The van der Waals surface area contributed by atoms with E-state index in [1.54, 1.807) is 6.92 Å². The van der Waals surface area contributed by atoms with Gasteiger partial charge in [-0.1, -0.05) is 22.9 Å². The lowest BCUT2D eigenvalue weighted by atomic mass is 10.0. The minimum absolute atomic E-state index is 0.103. The molecule has 1 aromatic rings. The Morgan fingerprint density at radius 1 is 1.38 bits per heavy atom. The molecule has 3 N–H and O–H groups in total. The van der Waals surface area contributed by atoms with Gasteiger partial charge >= 0.3 is 0 Å². The number of carbonyl (C=O) groups is 1. The zero-order valence-electron chi connectivity index (χ0n) is 13.2. The lowest BCUT2D eigenvalue weighted by Crippen LogP contribution is -2.40. The van der Waals surface area contributed by atoms with Crippen LogP contribution in [-0.2, 0) is 11.2 Å². The lowest BCUT2D eigenvalue weighted by Gasteiger charge is -2.18. The minimum atomic E-state index is -0.527. The van der Waals surface area contributed by atoms with Crippen LogP contribution in [0.3, 0.4) is 0 Å². The van der Waals surface area contributed by atoms with Gasteiger partial charge in [0.15, 0.2) is 6.10 Å². The van der Waals surface area contributed by atoms with E-state index in [9.17, 15) is 4.79 Å². The molecule has 2 unspecified atom stereocenters. The number of hydrogen-bond acceptors (Lipinski definition) is 3. The fraction of sp³-hybridized carbons (Fsp3) is 0.562. The van der Waals surface area contributed by atoms with Gasteiger partial charge in [0.1, 0.15) is 5.75 Å². The monoisotopic (exact) mass is 356 g/mol. The van der Waals surface area contributed by atoms with Crippen LogP contribution in [0.5, 0.6) is 5.75 Å². The molecule has 0 heterocycles. The summed E-state index contributed by atoms with van der Waals surface area (Å²) in [7, 11) is 0. The van der Waals surface area contributed by atoms with Crippen LogP contribution < -0.4 is 15.8 Å². The van der Waals surface area contributed by atoms with Gasteiger partial charge in [-0.15, -0.1) is 0 Å². The molecule has 21 heavy (non-hydrogen) atoms. The highest BCUT2D eigenvalue weighted by Gasteiger charge is 2.16. The van der Waals surface area contributed by atoms with Gasteiger partial charge in [-0.25, -0.2) is 0 Å². The topological polar surface area (TPSA) is 64.3 Å². The van der Waals surface area contributed by atoms with Crippen LogP contribution in [0.1, 0.15) is 39.7 Å². The van der Waals surface area contributed by atoms with Crippen LogP contribution in [0.15, 0.2) is 22.7 Å². The molecule has 0 bridgehead atoms. The smallest absolute Gasteiger partial charge is 0.260 e. The van der Waals surface area contributed by atoms with E-state index in [4.69, 9.17) is 10.5 Å². The van der Waals surface area contributed by atoms with Gasteiger partial charge < -0.3 is 15.8 Å². The van der Waals surface area contributed by atoms with Crippen molar-refractivity contribution in [3.05, 3.63) is 28.2 Å². The van der Waals surface area contributed by atoms with Gasteiger partial charge in [0.25, 0.3) is 5.91 Å². The Kier molecular flexibility index (Phi) is 7.18. The molecular formula is C16H25BrN2O2. The molecule has 1 rings (SSSR count). The molecule has 0 spiro atoms. The molecular weight excluding hydrogens is 332 g/mol. The first-order valence-corrected chi connectivity index (χ1v) is 8.13. The summed E-state index contributed by atoms with van der Waals surface area (Å²) in [4.78, 5) is 11.9. The van der Waals surface area contributed by atoms with Crippen LogP contribution in [0.25, 0.3) is 0 Å². The van der Waals surface area contributed by atoms with Crippen molar-refractivity contribution in [2.45, 2.75) is 58.7 Å². The van der Waals surface area contributed by atoms with Crippen molar-refractivity contribution in [1.29, 1.82) is 0 Å². The Bertz CT molecular complexity index is 477. The van der Waals surface area contributed by atoms with Crippen LogP contribution in [0.4, 0.5) is 0 Å². The van der Waals surface area contributed by atoms with Crippen LogP contribution >= 0.6 is 15.9 Å². The number of benzene rings is 1. The van der Waals surface area contributed by atoms with E-state index in [-0.39, 0.29) is 18.0 Å². The quantitative estimate of drug-likeness (QED) is 0.789. The minimum Gasteiger partial charge on any atom is -0.481 e. The molecule has 0 saturated heterocycles. The maximum absolute atomic E-state index is 11.9. The Balaban J connectivity index is 2.75. The Hall–Kier alpha value is -1.07. The highest BCUT2D eigenvalue weighted by molar-refractivity contribution is 9.10. The maximum atomic E-state index is 11.9. The van der Waals surface area contributed by atoms with E-state index >= 15 is 0 Å². The number of amides is 1. The summed E-state index contributed by atoms with van der Waals surface area (Å²) in [5, 5.41) is 2.84. The third kappa shape index (κ3) is 6.06. The molecule has 0 aromatic heterocycles. The van der Waals surface area contributed by atoms with Crippen molar-refractivity contribution in [2.24, 2.45) is 5.73 Å². The van der Waals surface area contributed by atoms with Gasteiger partial charge in [-0.2, -0.15) is 0 Å². The SMILES string of the molecule is CCC(N)Cc1cc(OC(C)C(=O)NC(C)C)ccc1Br. The van der Waals surface area contributed by atoms with E-state index in [0.29, 0.717) is 5.75 Å². The molecule has 0 saturated carbocycles. The first kappa shape index (κ1) is 18.0. The van der Waals surface area contributed by atoms with Crippen molar-refractivity contribution in [1.82, 2.24) is 5.32 Å². The molecule has 0 aliphatic heterocycles. The summed E-state index contributed by atoms with van der Waals surface area (Å²) < 4.78 is 6.73. The second kappa shape index (κ2) is 8.39. The summed E-state index contributed by atoms with van der Waals surface area (Å²) >= 11 is 3.53. The van der Waals surface area contributed by atoms with Gasteiger partial charge in [0.05, 0.1) is 0 Å². The van der Waals surface area contributed by atoms with E-state index in [1.807, 2.05) is 32.0 Å². The number of halogens is 1. The lowest BCUT2D eigenvalue weighted by molar-refractivity contribution is -0.127. The van der Waals surface area contributed by atoms with Crippen molar-refractivity contribution < 1.29 is 9.53 Å². The average Bonchev–Trinajstić information content (AvgIpc) is 2.41. The average molecular weight is 357 g/mol. The second-order valence-electron chi connectivity index (χ2n) is 5.55. The highest BCUT2D eigenvalue weighted by atomic mass is 79.9. The highest BCUT2D eigenvalue weighted by Crippen LogP contribution is 2.24. The predicted molar refractivity (Wildman–Crippen MR) is 89.5 cm³/mol. The summed E-state index contributed by atoms with van der Waals surface area (Å²) in [6, 6.07) is 5.95. The third-order valence-electron chi connectivity index (χ3n) is 3.14. The molecule has 0 radical (unpaired) electrons. The van der Waals surface area contributed by atoms with E-state index in [0.717, 1.165) is 22.9 Å². The summed E-state index contributed by atoms with van der Waals surface area (Å²) in [6.07, 6.45) is 1.17. The molecule has 1 aromatic carbocycles. The number of ether oxygens (including phenoxy) is 1. The standard InChI is InChI=1S/C16H25BrN2O2/c1-5-13(18)8-12-9-14(6-7-15(12)17)21-11(4)16(20)19-10(2)3/h6-7,9-11,13H,5,8,18H2,1-4H3,(H,19,20). The largest absolute Gasteiger partial charge is 0.481 e. The van der Waals surface area contributed by atoms with Gasteiger partial charge in [-0.05, 0) is 57.4 Å². The molecule has 1 amide bonds. The number of nitrogens with two attached hydrogens (primary N) is 1. The molecule has 0 aliphatic rings. The van der Waals surface area contributed by atoms with Crippen molar-refractivity contribution in [3.63, 3.8) is 0 Å². The molecule has 5 heteroatoms. The van der Waals surface area contributed by atoms with Crippen molar-refractivity contribution in [3.8, 4) is 5.75 Å². The zero-order chi connectivity index (χ0) is 16.0. The van der Waals surface area contributed by atoms with E-state index in [1.165, 1.54) is 0 Å². The second-order valence-corrected chi connectivity index (χ2v) is 6.40. The fourth-order valence-electron chi connectivity index (χ4n) is 1.87. The molecule has 2 atom stereocenters. The first-order valence-electron chi connectivity index (χ1n) is 7.34. The van der Waals surface area contributed by atoms with E-state index < -0.39 is 6.10 Å². The first-order chi connectivity index (χ1) is 9.83. The Labute approximate surface area is 135 Å². The third-order valence-corrected chi connectivity index (χ3v) is 3.91. The number of nitrogens with one attached hydrogen (secondary N) is 1.